The van der Waals surface area contributed by atoms with Gasteiger partial charge in [-0.15, -0.1) is 0 Å². The Morgan fingerprint density at radius 1 is 1.67 bits per heavy atom. The van der Waals surface area contributed by atoms with Crippen molar-refractivity contribution in [1.29, 1.82) is 0 Å². The molecule has 0 aliphatic carbocycles. The molecule has 0 bridgehead atoms. The third-order valence-electron chi connectivity index (χ3n) is 3.57. The molecule has 2 aliphatic heterocycles. The molecule has 0 radical (unpaired) electrons. The minimum atomic E-state index is 0.0588. The molecule has 3 heteroatoms. The van der Waals surface area contributed by atoms with Crippen molar-refractivity contribution in [1.82, 2.24) is 0 Å². The summed E-state index contributed by atoms with van der Waals surface area (Å²) in [5.74, 6) is 2.11. The summed E-state index contributed by atoms with van der Waals surface area (Å²) in [6.45, 7) is 5.08. The van der Waals surface area contributed by atoms with Gasteiger partial charge in [0.15, 0.2) is 0 Å². The normalized spacial score (nSPS) is 45.3. The Morgan fingerprint density at radius 2 is 2.42 bits per heavy atom. The first-order valence-corrected chi connectivity index (χ1v) is 4.90. The maximum atomic E-state index is 11.3. The molecular weight excluding hydrogens is 151 g/mol. The molecule has 2 aliphatic rings. The van der Waals surface area contributed by atoms with Gasteiger partial charge in [-0.1, -0.05) is 31.9 Å². The summed E-state index contributed by atoms with van der Waals surface area (Å²) in [5, 5.41) is 0. The number of cyclic esters (lactones) is 1. The molecule has 66 valence electrons. The van der Waals surface area contributed by atoms with E-state index in [0.717, 1.165) is 5.82 Å². The van der Waals surface area contributed by atoms with Crippen molar-refractivity contribution in [2.45, 2.75) is 31.9 Å². The summed E-state index contributed by atoms with van der Waals surface area (Å²) in [6, 6.07) is 0. The van der Waals surface area contributed by atoms with E-state index in [1.807, 2.05) is 0 Å². The zero-order valence-corrected chi connectivity index (χ0v) is 7.75. The van der Waals surface area contributed by atoms with Gasteiger partial charge in [0.05, 0.1) is 12.5 Å². The summed E-state index contributed by atoms with van der Waals surface area (Å²) in [6.07, 6.45) is 1.20. The average molecular weight is 166 g/mol. The van der Waals surface area contributed by atoms with Crippen LogP contribution in [0, 0.1) is 11.8 Å². The van der Waals surface area contributed by atoms with Crippen molar-refractivity contribution in [2.24, 2.45) is 11.8 Å². The molecule has 0 saturated carbocycles. The number of esters is 1. The molecule has 2 nitrogen and oxygen atoms in total. The number of hydrogen-bond acceptors (Lipinski definition) is 2. The smallest absolute Gasteiger partial charge is 0.308 e. The van der Waals surface area contributed by atoms with E-state index >= 15 is 0 Å². The molecule has 0 aromatic rings. The van der Waals surface area contributed by atoms with Crippen molar-refractivity contribution in [2.75, 3.05) is 6.61 Å². The average Bonchev–Trinajstić information content (AvgIpc) is 2.55. The second kappa shape index (κ2) is 2.79. The molecule has 2 rings (SSSR count). The van der Waals surface area contributed by atoms with Crippen molar-refractivity contribution in [3.05, 3.63) is 0 Å². The maximum absolute atomic E-state index is 11.3. The van der Waals surface area contributed by atoms with Crippen LogP contribution in [0.2, 0.25) is 11.6 Å². The van der Waals surface area contributed by atoms with Gasteiger partial charge in [0.25, 0.3) is 0 Å². The molecule has 0 N–H and O–H groups in total. The van der Waals surface area contributed by atoms with Gasteiger partial charge in [0, 0.05) is 5.92 Å². The number of carbonyl (C=O) groups is 1. The predicted molar refractivity (Wildman–Crippen MR) is 48.6 cm³/mol. The van der Waals surface area contributed by atoms with Crippen molar-refractivity contribution >= 4 is 13.2 Å². The van der Waals surface area contributed by atoms with E-state index in [2.05, 4.69) is 13.8 Å². The Bertz CT molecular complexity index is 205. The third-order valence-corrected chi connectivity index (χ3v) is 3.57. The molecule has 4 atom stereocenters. The van der Waals surface area contributed by atoms with Gasteiger partial charge < -0.3 is 4.74 Å². The Hall–Kier alpha value is -0.465. The predicted octanol–water partition coefficient (Wildman–Crippen LogP) is 1.23. The lowest BCUT2D eigenvalue weighted by Crippen LogP contribution is -2.13. The fourth-order valence-corrected chi connectivity index (χ4v) is 2.90. The van der Waals surface area contributed by atoms with Crippen LogP contribution in [0.3, 0.4) is 0 Å². The summed E-state index contributed by atoms with van der Waals surface area (Å²) in [7, 11) is 1.22. The van der Waals surface area contributed by atoms with Gasteiger partial charge in [-0.2, -0.15) is 0 Å². The minimum Gasteiger partial charge on any atom is -0.465 e. The first-order chi connectivity index (χ1) is 5.74. The lowest BCUT2D eigenvalue weighted by Gasteiger charge is -2.12. The Balaban J connectivity index is 2.17. The second-order valence-corrected chi connectivity index (χ2v) is 4.20. The van der Waals surface area contributed by atoms with Gasteiger partial charge in [-0.3, -0.25) is 4.79 Å². The van der Waals surface area contributed by atoms with Crippen LogP contribution in [0.5, 0.6) is 0 Å². The Labute approximate surface area is 73.9 Å². The maximum Gasteiger partial charge on any atom is 0.308 e. The molecule has 12 heavy (non-hydrogen) atoms. The largest absolute Gasteiger partial charge is 0.465 e. The SMILES string of the molecule is CCC1BC(C)C2C(=O)OCC12. The molecule has 0 aromatic carbocycles. The van der Waals surface area contributed by atoms with Crippen LogP contribution in [0.4, 0.5) is 0 Å². The molecule has 0 spiro atoms. The van der Waals surface area contributed by atoms with E-state index in [-0.39, 0.29) is 11.9 Å². The summed E-state index contributed by atoms with van der Waals surface area (Å²) < 4.78 is 5.08. The van der Waals surface area contributed by atoms with Crippen LogP contribution < -0.4 is 0 Å². The van der Waals surface area contributed by atoms with Crippen LogP contribution in [-0.2, 0) is 9.53 Å². The van der Waals surface area contributed by atoms with Crippen LogP contribution >= 0.6 is 0 Å². The highest BCUT2D eigenvalue weighted by molar-refractivity contribution is 6.42. The van der Waals surface area contributed by atoms with Gasteiger partial charge in [-0.25, -0.2) is 0 Å². The van der Waals surface area contributed by atoms with Gasteiger partial charge >= 0.3 is 5.97 Å². The van der Waals surface area contributed by atoms with Gasteiger partial charge in [0.1, 0.15) is 7.28 Å². The second-order valence-electron chi connectivity index (χ2n) is 4.20. The Kier molecular flexibility index (Phi) is 1.89. The first kappa shape index (κ1) is 8.15. The van der Waals surface area contributed by atoms with Crippen LogP contribution in [-0.4, -0.2) is 19.9 Å². The summed E-state index contributed by atoms with van der Waals surface area (Å²) in [4.78, 5) is 11.3. The molecule has 0 amide bonds. The van der Waals surface area contributed by atoms with Crippen LogP contribution in [0.1, 0.15) is 20.3 Å². The van der Waals surface area contributed by atoms with Crippen LogP contribution in [0.25, 0.3) is 0 Å². The monoisotopic (exact) mass is 166 g/mol. The lowest BCUT2D eigenvalue weighted by molar-refractivity contribution is -0.141. The number of hydrogen-bond donors (Lipinski definition) is 0. The molecule has 0 aromatic heterocycles. The topological polar surface area (TPSA) is 26.3 Å². The summed E-state index contributed by atoms with van der Waals surface area (Å²) in [5.41, 5.74) is 0. The zero-order valence-electron chi connectivity index (χ0n) is 7.75. The number of fused-ring (bicyclic) bond motifs is 1. The number of rotatable bonds is 1. The van der Waals surface area contributed by atoms with Crippen LogP contribution in [0.15, 0.2) is 0 Å². The van der Waals surface area contributed by atoms with Gasteiger partial charge in [-0.05, 0) is 0 Å². The zero-order chi connectivity index (χ0) is 8.72. The highest BCUT2D eigenvalue weighted by Crippen LogP contribution is 2.48. The molecule has 2 heterocycles. The molecule has 2 fully saturated rings. The van der Waals surface area contributed by atoms with E-state index < -0.39 is 0 Å². The van der Waals surface area contributed by atoms with E-state index in [9.17, 15) is 4.79 Å². The summed E-state index contributed by atoms with van der Waals surface area (Å²) >= 11 is 0. The Morgan fingerprint density at radius 3 is 3.08 bits per heavy atom. The standard InChI is InChI=1S/C9H15BO2/c1-3-7-6-4-12-9(11)8(6)5(2)10-7/h5-8,10H,3-4H2,1-2H3. The van der Waals surface area contributed by atoms with Crippen molar-refractivity contribution in [3.8, 4) is 0 Å². The first-order valence-electron chi connectivity index (χ1n) is 4.90. The molecule has 2 saturated heterocycles. The number of carbonyl (C=O) groups excluding carboxylic acids is 1. The highest BCUT2D eigenvalue weighted by atomic mass is 16.5. The quantitative estimate of drug-likeness (QED) is 0.432. The lowest BCUT2D eigenvalue weighted by atomic mass is 9.59. The van der Waals surface area contributed by atoms with Crippen molar-refractivity contribution < 1.29 is 9.53 Å². The molecular formula is C9H15BO2. The van der Waals surface area contributed by atoms with E-state index in [1.165, 1.54) is 13.7 Å². The van der Waals surface area contributed by atoms with Crippen molar-refractivity contribution in [3.63, 3.8) is 0 Å². The fourth-order valence-electron chi connectivity index (χ4n) is 2.90. The third kappa shape index (κ3) is 0.986. The van der Waals surface area contributed by atoms with E-state index in [0.29, 0.717) is 18.3 Å². The molecule has 4 unspecified atom stereocenters. The fraction of sp³-hybridized carbons (Fsp3) is 0.889. The van der Waals surface area contributed by atoms with Gasteiger partial charge in [0.2, 0.25) is 0 Å². The number of ether oxygens (including phenoxy) is 1. The van der Waals surface area contributed by atoms with E-state index in [1.54, 1.807) is 0 Å². The highest BCUT2D eigenvalue weighted by Gasteiger charge is 2.49. The minimum absolute atomic E-state index is 0.0588. The van der Waals surface area contributed by atoms with E-state index in [4.69, 9.17) is 4.74 Å².